The van der Waals surface area contributed by atoms with Crippen molar-refractivity contribution >= 4 is 23.2 Å². The number of ether oxygens (including phenoxy) is 1. The maximum atomic E-state index is 14.2. The van der Waals surface area contributed by atoms with E-state index in [2.05, 4.69) is 25.3 Å². The lowest BCUT2D eigenvalue weighted by Gasteiger charge is -2.23. The summed E-state index contributed by atoms with van der Waals surface area (Å²) >= 11 is 0. The molecule has 1 aliphatic heterocycles. The van der Waals surface area contributed by atoms with Crippen LogP contribution in [0.25, 0.3) is 17.2 Å². The van der Waals surface area contributed by atoms with E-state index in [0.717, 1.165) is 0 Å². The van der Waals surface area contributed by atoms with Crippen molar-refractivity contribution in [2.24, 2.45) is 0 Å². The summed E-state index contributed by atoms with van der Waals surface area (Å²) in [5.41, 5.74) is 5.88. The summed E-state index contributed by atoms with van der Waals surface area (Å²) in [5.74, 6) is 0.999. The highest BCUT2D eigenvalue weighted by Crippen LogP contribution is 2.45. The highest BCUT2D eigenvalue weighted by molar-refractivity contribution is 6.09. The summed E-state index contributed by atoms with van der Waals surface area (Å²) in [7, 11) is 1.57. The fraction of sp³-hybridized carbons (Fsp3) is 0.320. The van der Waals surface area contributed by atoms with Crippen LogP contribution in [0.4, 0.5) is 20.4 Å². The monoisotopic (exact) mass is 493 g/mol. The topological polar surface area (TPSA) is 120 Å². The maximum Gasteiger partial charge on any atom is 0.240 e. The minimum atomic E-state index is -1.97. The van der Waals surface area contributed by atoms with Gasteiger partial charge in [0.05, 0.1) is 18.4 Å². The Morgan fingerprint density at radius 1 is 1.22 bits per heavy atom. The first-order valence-corrected chi connectivity index (χ1v) is 11.4. The third-order valence-electron chi connectivity index (χ3n) is 6.62. The van der Waals surface area contributed by atoms with Gasteiger partial charge in [0.1, 0.15) is 40.8 Å². The van der Waals surface area contributed by atoms with Gasteiger partial charge in [-0.05, 0) is 44.4 Å². The number of nitrogens with two attached hydrogens (primary N) is 1. The lowest BCUT2D eigenvalue weighted by atomic mass is 9.78. The molecule has 5 rings (SSSR count). The van der Waals surface area contributed by atoms with Crippen LogP contribution in [0, 0.1) is 0 Å². The maximum absolute atomic E-state index is 14.2. The van der Waals surface area contributed by atoms with Crippen molar-refractivity contribution in [1.29, 1.82) is 0 Å². The molecule has 36 heavy (non-hydrogen) atoms. The van der Waals surface area contributed by atoms with Gasteiger partial charge in [0.2, 0.25) is 5.91 Å². The Labute approximate surface area is 205 Å². The number of alkyl halides is 2. The van der Waals surface area contributed by atoms with Crippen molar-refractivity contribution in [2.45, 2.75) is 37.8 Å². The van der Waals surface area contributed by atoms with E-state index in [9.17, 15) is 13.6 Å². The van der Waals surface area contributed by atoms with Crippen LogP contribution in [0.5, 0.6) is 5.75 Å². The van der Waals surface area contributed by atoms with E-state index in [1.807, 2.05) is 0 Å². The van der Waals surface area contributed by atoms with E-state index in [1.54, 1.807) is 61.3 Å². The molecule has 11 heteroatoms. The smallest absolute Gasteiger partial charge is 0.240 e. The van der Waals surface area contributed by atoms with Crippen LogP contribution in [0.2, 0.25) is 0 Å². The van der Waals surface area contributed by atoms with Gasteiger partial charge in [-0.1, -0.05) is 12.1 Å². The zero-order valence-electron chi connectivity index (χ0n) is 20.0. The van der Waals surface area contributed by atoms with Crippen LogP contribution in [-0.4, -0.2) is 49.7 Å². The first-order chi connectivity index (χ1) is 17.2. The number of rotatable bonds is 7. The lowest BCUT2D eigenvalue weighted by Crippen LogP contribution is -2.32. The van der Waals surface area contributed by atoms with Gasteiger partial charge in [0.15, 0.2) is 11.5 Å². The zero-order valence-corrected chi connectivity index (χ0v) is 20.0. The number of methoxy groups -OCH3 is 1. The van der Waals surface area contributed by atoms with Gasteiger partial charge in [-0.25, -0.2) is 28.7 Å². The molecule has 3 aromatic heterocycles. The van der Waals surface area contributed by atoms with Crippen molar-refractivity contribution in [3.63, 3.8) is 0 Å². The van der Waals surface area contributed by atoms with E-state index in [0.29, 0.717) is 39.7 Å². The van der Waals surface area contributed by atoms with Crippen LogP contribution in [-0.2, 0) is 16.6 Å². The molecular formula is C25H25F2N7O2. The van der Waals surface area contributed by atoms with Gasteiger partial charge in [0.25, 0.3) is 0 Å². The molecule has 3 N–H and O–H groups in total. The molecule has 0 spiro atoms. The van der Waals surface area contributed by atoms with Gasteiger partial charge in [-0.3, -0.25) is 4.79 Å². The van der Waals surface area contributed by atoms with Crippen LogP contribution in [0.3, 0.4) is 0 Å². The molecule has 0 bridgehead atoms. The molecule has 0 saturated carbocycles. The number of anilines is 2. The van der Waals surface area contributed by atoms with E-state index < -0.39 is 17.8 Å². The molecule has 1 aromatic carbocycles. The van der Waals surface area contributed by atoms with Crippen molar-refractivity contribution < 1.29 is 18.3 Å². The normalized spacial score (nSPS) is 18.6. The number of halogens is 2. The average Bonchev–Trinajstić information content (AvgIpc) is 3.45. The minimum absolute atomic E-state index is 0.0636. The molecule has 186 valence electrons. The van der Waals surface area contributed by atoms with Crippen molar-refractivity contribution in [3.05, 3.63) is 59.7 Å². The Morgan fingerprint density at radius 3 is 2.67 bits per heavy atom. The molecule has 2 unspecified atom stereocenters. The summed E-state index contributed by atoms with van der Waals surface area (Å²) in [5, 5.41) is 2.83. The van der Waals surface area contributed by atoms with Gasteiger partial charge in [-0.15, -0.1) is 0 Å². The van der Waals surface area contributed by atoms with E-state index >= 15 is 0 Å². The molecule has 1 amide bonds. The summed E-state index contributed by atoms with van der Waals surface area (Å²) < 4.78 is 34.2. The van der Waals surface area contributed by atoms with Crippen LogP contribution >= 0.6 is 0 Å². The van der Waals surface area contributed by atoms with Gasteiger partial charge in [-0.2, -0.15) is 0 Å². The molecule has 1 aliphatic rings. The molecule has 4 aromatic rings. The average molecular weight is 494 g/mol. The summed E-state index contributed by atoms with van der Waals surface area (Å²) in [6.07, 6.45) is 5.08. The number of carbonyl (C=O) groups is 1. The standard InChI is InChI=1S/C25H25F2N7O2/c1-24(27,13-26)9-8-16-22-29-10-11-34(22)12-17(30-16)20-31-19(28)18-21(32-20)33-23(35)25(18,2)14-4-6-15(36-3)7-5-14/h4-7,10-12H,8-9,13H2,1-3H3,(H3,28,31,32,33,35). The Balaban J connectivity index is 1.57. The number of nitrogen functional groups attached to an aromatic ring is 1. The second-order valence-electron chi connectivity index (χ2n) is 9.24. The SMILES string of the molecule is COc1ccc(C2(C)C(=O)Nc3nc(-c4cn5ccnc5c(CCC(C)(F)CF)n4)nc(N)c32)cc1. The third-order valence-corrected chi connectivity index (χ3v) is 6.62. The second-order valence-corrected chi connectivity index (χ2v) is 9.24. The number of aryl methyl sites for hydroxylation is 1. The van der Waals surface area contributed by atoms with E-state index in [-0.39, 0.29) is 30.4 Å². The summed E-state index contributed by atoms with van der Waals surface area (Å²) in [4.78, 5) is 31.1. The Bertz CT molecular complexity index is 1470. The first kappa shape index (κ1) is 23.6. The Kier molecular flexibility index (Phi) is 5.57. The Hall–Kier alpha value is -4.15. The predicted octanol–water partition coefficient (Wildman–Crippen LogP) is 3.67. The van der Waals surface area contributed by atoms with Crippen LogP contribution < -0.4 is 15.8 Å². The quantitative estimate of drug-likeness (QED) is 0.403. The van der Waals surface area contributed by atoms with Gasteiger partial charge < -0.3 is 20.2 Å². The number of carbonyl (C=O) groups excluding carboxylic acids is 1. The number of hydrogen-bond donors (Lipinski definition) is 2. The fourth-order valence-electron chi connectivity index (χ4n) is 4.44. The molecule has 2 atom stereocenters. The third kappa shape index (κ3) is 3.80. The van der Waals surface area contributed by atoms with Crippen LogP contribution in [0.15, 0.2) is 42.9 Å². The Morgan fingerprint density at radius 2 is 1.97 bits per heavy atom. The van der Waals surface area contributed by atoms with Crippen molar-refractivity contribution in [3.8, 4) is 17.3 Å². The van der Waals surface area contributed by atoms with Gasteiger partial charge >= 0.3 is 0 Å². The number of nitrogens with one attached hydrogen (secondary N) is 1. The van der Waals surface area contributed by atoms with Crippen molar-refractivity contribution in [1.82, 2.24) is 24.3 Å². The highest BCUT2D eigenvalue weighted by atomic mass is 19.2. The van der Waals surface area contributed by atoms with Crippen LogP contribution in [0.1, 0.15) is 37.1 Å². The molecule has 0 fully saturated rings. The number of benzene rings is 1. The molecule has 0 radical (unpaired) electrons. The molecule has 0 aliphatic carbocycles. The van der Waals surface area contributed by atoms with E-state index in [4.69, 9.17) is 10.5 Å². The minimum Gasteiger partial charge on any atom is -0.497 e. The van der Waals surface area contributed by atoms with Gasteiger partial charge in [0, 0.05) is 18.6 Å². The predicted molar refractivity (Wildman–Crippen MR) is 130 cm³/mol. The number of fused-ring (bicyclic) bond motifs is 2. The molecule has 0 saturated heterocycles. The largest absolute Gasteiger partial charge is 0.497 e. The number of amides is 1. The number of hydrogen-bond acceptors (Lipinski definition) is 7. The lowest BCUT2D eigenvalue weighted by molar-refractivity contribution is -0.119. The summed E-state index contributed by atoms with van der Waals surface area (Å²) in [6, 6.07) is 7.15. The zero-order chi connectivity index (χ0) is 25.7. The van der Waals surface area contributed by atoms with E-state index in [1.165, 1.54) is 6.92 Å². The second kappa shape index (κ2) is 8.51. The molecule has 9 nitrogen and oxygen atoms in total. The molecular weight excluding hydrogens is 468 g/mol. The highest BCUT2D eigenvalue weighted by Gasteiger charge is 2.47. The number of imidazole rings is 1. The first-order valence-electron chi connectivity index (χ1n) is 11.4. The van der Waals surface area contributed by atoms with Crippen molar-refractivity contribution in [2.75, 3.05) is 24.8 Å². The fourth-order valence-corrected chi connectivity index (χ4v) is 4.44. The molecule has 4 heterocycles. The number of aromatic nitrogens is 5. The number of nitrogens with zero attached hydrogens (tertiary/aromatic N) is 5. The summed E-state index contributed by atoms with van der Waals surface area (Å²) in [6.45, 7) is 1.89.